The molecule has 1 aliphatic heterocycles. The Labute approximate surface area is 175 Å². The van der Waals surface area contributed by atoms with E-state index in [0.29, 0.717) is 28.6 Å². The van der Waals surface area contributed by atoms with E-state index in [9.17, 15) is 13.2 Å². The molecule has 0 radical (unpaired) electrons. The lowest BCUT2D eigenvalue weighted by atomic mass is 10.1. The molecule has 1 N–H and O–H groups in total. The zero-order chi connectivity index (χ0) is 21.0. The zero-order valence-electron chi connectivity index (χ0n) is 16.2. The van der Waals surface area contributed by atoms with E-state index < -0.39 is 15.9 Å². The molecule has 1 aliphatic rings. The number of nitrogens with zero attached hydrogens (tertiary/aromatic N) is 1. The van der Waals surface area contributed by atoms with Gasteiger partial charge in [0.1, 0.15) is 0 Å². The lowest BCUT2D eigenvalue weighted by Crippen LogP contribution is -2.43. The largest absolute Gasteiger partial charge is 0.493 e. The average molecular weight is 439 g/mol. The number of hydrogen-bond donors (Lipinski definition) is 1. The SMILES string of the molecule is COc1ccc(CN(C(=O)Nc2ccc(Cl)cc2)C2CCS(=O)(=O)C2)cc1OC. The Morgan fingerprint density at radius 1 is 1.14 bits per heavy atom. The Hall–Kier alpha value is -2.45. The van der Waals surface area contributed by atoms with Crippen LogP contribution in [0.2, 0.25) is 5.02 Å². The minimum Gasteiger partial charge on any atom is -0.493 e. The topological polar surface area (TPSA) is 84.9 Å². The summed E-state index contributed by atoms with van der Waals surface area (Å²) in [7, 11) is -0.0658. The van der Waals surface area contributed by atoms with Crippen LogP contribution in [0.15, 0.2) is 42.5 Å². The van der Waals surface area contributed by atoms with Gasteiger partial charge in [-0.3, -0.25) is 0 Å². The van der Waals surface area contributed by atoms with Crippen molar-refractivity contribution >= 4 is 33.2 Å². The number of benzene rings is 2. The highest BCUT2D eigenvalue weighted by molar-refractivity contribution is 7.91. The fourth-order valence-corrected chi connectivity index (χ4v) is 5.15. The molecule has 9 heteroatoms. The minimum atomic E-state index is -3.15. The molecule has 7 nitrogen and oxygen atoms in total. The smallest absolute Gasteiger partial charge is 0.322 e. The molecule has 1 saturated heterocycles. The van der Waals surface area contributed by atoms with Crippen molar-refractivity contribution in [3.8, 4) is 11.5 Å². The molecular weight excluding hydrogens is 416 g/mol. The number of carbonyl (C=O) groups is 1. The van der Waals surface area contributed by atoms with E-state index in [0.717, 1.165) is 5.56 Å². The van der Waals surface area contributed by atoms with Crippen molar-refractivity contribution in [1.29, 1.82) is 0 Å². The van der Waals surface area contributed by atoms with Crippen LogP contribution in [0.5, 0.6) is 11.5 Å². The number of urea groups is 1. The van der Waals surface area contributed by atoms with Crippen molar-refractivity contribution in [2.24, 2.45) is 0 Å². The molecule has 1 fully saturated rings. The van der Waals surface area contributed by atoms with Gasteiger partial charge in [0.15, 0.2) is 21.3 Å². The molecular formula is C20H23ClN2O5S. The maximum Gasteiger partial charge on any atom is 0.322 e. The first-order valence-electron chi connectivity index (χ1n) is 9.06. The second-order valence-electron chi connectivity index (χ2n) is 6.81. The highest BCUT2D eigenvalue weighted by Gasteiger charge is 2.35. The fourth-order valence-electron chi connectivity index (χ4n) is 3.29. The number of nitrogens with one attached hydrogen (secondary N) is 1. The van der Waals surface area contributed by atoms with Crippen LogP contribution in [0.25, 0.3) is 0 Å². The van der Waals surface area contributed by atoms with Gasteiger partial charge in [-0.05, 0) is 48.4 Å². The van der Waals surface area contributed by atoms with Gasteiger partial charge in [-0.15, -0.1) is 0 Å². The van der Waals surface area contributed by atoms with E-state index in [2.05, 4.69) is 5.32 Å². The molecule has 0 aromatic heterocycles. The summed E-state index contributed by atoms with van der Waals surface area (Å²) in [6, 6.07) is 11.3. The molecule has 1 heterocycles. The number of methoxy groups -OCH3 is 2. The summed E-state index contributed by atoms with van der Waals surface area (Å²) in [5.74, 6) is 1.15. The third-order valence-electron chi connectivity index (χ3n) is 4.81. The number of amides is 2. The Kier molecular flexibility index (Phi) is 6.54. The molecule has 3 rings (SSSR count). The number of sulfone groups is 1. The summed E-state index contributed by atoms with van der Waals surface area (Å²) in [6.45, 7) is 0.236. The number of anilines is 1. The standard InChI is InChI=1S/C20H23ClN2O5S/c1-27-18-8-3-14(11-19(18)28-2)12-23(17-9-10-29(25,26)13-17)20(24)22-16-6-4-15(21)5-7-16/h3-8,11,17H,9-10,12-13H2,1-2H3,(H,22,24). The van der Waals surface area contributed by atoms with Crippen molar-refractivity contribution in [2.75, 3.05) is 31.0 Å². The summed E-state index contributed by atoms with van der Waals surface area (Å²) in [5, 5.41) is 3.38. The van der Waals surface area contributed by atoms with E-state index in [1.54, 1.807) is 48.4 Å². The third-order valence-corrected chi connectivity index (χ3v) is 6.81. The van der Waals surface area contributed by atoms with E-state index in [4.69, 9.17) is 21.1 Å². The fraction of sp³-hybridized carbons (Fsp3) is 0.350. The Morgan fingerprint density at radius 3 is 2.41 bits per heavy atom. The second kappa shape index (κ2) is 8.92. The normalized spacial score (nSPS) is 17.6. The summed E-state index contributed by atoms with van der Waals surface area (Å²) >= 11 is 5.89. The molecule has 0 aliphatic carbocycles. The van der Waals surface area contributed by atoms with Crippen molar-refractivity contribution in [3.05, 3.63) is 53.1 Å². The summed E-state index contributed by atoms with van der Waals surface area (Å²) in [4.78, 5) is 14.6. The lowest BCUT2D eigenvalue weighted by molar-refractivity contribution is 0.190. The van der Waals surface area contributed by atoms with Gasteiger partial charge in [0, 0.05) is 23.3 Å². The second-order valence-corrected chi connectivity index (χ2v) is 9.48. The van der Waals surface area contributed by atoms with Crippen molar-refractivity contribution in [3.63, 3.8) is 0 Å². The first kappa shape index (κ1) is 21.3. The minimum absolute atomic E-state index is 0.0473. The highest BCUT2D eigenvalue weighted by atomic mass is 35.5. The maximum atomic E-state index is 13.0. The molecule has 29 heavy (non-hydrogen) atoms. The summed E-state index contributed by atoms with van der Waals surface area (Å²) in [6.07, 6.45) is 0.406. The Morgan fingerprint density at radius 2 is 1.83 bits per heavy atom. The van der Waals surface area contributed by atoms with Crippen LogP contribution in [0.1, 0.15) is 12.0 Å². The summed E-state index contributed by atoms with van der Waals surface area (Å²) < 4.78 is 34.6. The quantitative estimate of drug-likeness (QED) is 0.745. The molecule has 1 atom stereocenters. The van der Waals surface area contributed by atoms with Gasteiger partial charge < -0.3 is 19.7 Å². The number of rotatable bonds is 6. The Balaban J connectivity index is 1.85. The zero-order valence-corrected chi connectivity index (χ0v) is 17.8. The molecule has 2 aromatic rings. The van der Waals surface area contributed by atoms with Gasteiger partial charge in [0.25, 0.3) is 0 Å². The summed E-state index contributed by atoms with van der Waals surface area (Å²) in [5.41, 5.74) is 1.38. The van der Waals surface area contributed by atoms with E-state index in [1.165, 1.54) is 7.11 Å². The number of halogens is 1. The van der Waals surface area contributed by atoms with Crippen molar-refractivity contribution in [1.82, 2.24) is 4.90 Å². The van der Waals surface area contributed by atoms with Crippen LogP contribution in [-0.4, -0.2) is 51.1 Å². The first-order valence-corrected chi connectivity index (χ1v) is 11.3. The molecule has 2 amide bonds. The molecule has 0 saturated carbocycles. The van der Waals surface area contributed by atoms with E-state index in [1.807, 2.05) is 6.07 Å². The Bertz CT molecular complexity index is 979. The van der Waals surface area contributed by atoms with Crippen LogP contribution < -0.4 is 14.8 Å². The highest BCUT2D eigenvalue weighted by Crippen LogP contribution is 2.29. The average Bonchev–Trinajstić information content (AvgIpc) is 3.06. The van der Waals surface area contributed by atoms with Crippen LogP contribution >= 0.6 is 11.6 Å². The lowest BCUT2D eigenvalue weighted by Gasteiger charge is -2.29. The molecule has 0 spiro atoms. The number of ether oxygens (including phenoxy) is 2. The van der Waals surface area contributed by atoms with Gasteiger partial charge in [-0.25, -0.2) is 13.2 Å². The van der Waals surface area contributed by atoms with Crippen LogP contribution in [-0.2, 0) is 16.4 Å². The van der Waals surface area contributed by atoms with Crippen LogP contribution in [0, 0.1) is 0 Å². The third kappa shape index (κ3) is 5.33. The molecule has 156 valence electrons. The predicted molar refractivity (Wildman–Crippen MR) is 113 cm³/mol. The van der Waals surface area contributed by atoms with Crippen molar-refractivity contribution in [2.45, 2.75) is 19.0 Å². The van der Waals surface area contributed by atoms with Gasteiger partial charge in [-0.1, -0.05) is 17.7 Å². The van der Waals surface area contributed by atoms with E-state index in [-0.39, 0.29) is 24.1 Å². The van der Waals surface area contributed by atoms with Crippen molar-refractivity contribution < 1.29 is 22.7 Å². The number of carbonyl (C=O) groups excluding carboxylic acids is 1. The van der Waals surface area contributed by atoms with Crippen LogP contribution in [0.4, 0.5) is 10.5 Å². The number of hydrogen-bond acceptors (Lipinski definition) is 5. The van der Waals surface area contributed by atoms with Gasteiger partial charge in [0.05, 0.1) is 25.7 Å². The maximum absolute atomic E-state index is 13.0. The van der Waals surface area contributed by atoms with Gasteiger partial charge >= 0.3 is 6.03 Å². The first-order chi connectivity index (χ1) is 13.8. The van der Waals surface area contributed by atoms with Gasteiger partial charge in [-0.2, -0.15) is 0 Å². The molecule has 1 unspecified atom stereocenters. The predicted octanol–water partition coefficient (Wildman–Crippen LogP) is 3.58. The molecule has 0 bridgehead atoms. The monoisotopic (exact) mass is 438 g/mol. The van der Waals surface area contributed by atoms with Crippen LogP contribution in [0.3, 0.4) is 0 Å². The van der Waals surface area contributed by atoms with E-state index >= 15 is 0 Å². The molecule has 2 aromatic carbocycles. The van der Waals surface area contributed by atoms with Gasteiger partial charge in [0.2, 0.25) is 0 Å².